The number of pyridine rings is 1. The molecule has 0 bridgehead atoms. The Bertz CT molecular complexity index is 1010. The Hall–Kier alpha value is -3.29. The van der Waals surface area contributed by atoms with E-state index in [0.29, 0.717) is 25.9 Å². The molecule has 2 amide bonds. The van der Waals surface area contributed by atoms with Gasteiger partial charge in [-0.2, -0.15) is 0 Å². The number of nitrogens with one attached hydrogen (secondary N) is 1. The number of Topliss-reactive ketones (excluding diaryl/α,β-unsaturated/α-hetero) is 1. The summed E-state index contributed by atoms with van der Waals surface area (Å²) in [5, 5.41) is 2.88. The molecule has 0 spiro atoms. The monoisotopic (exact) mass is 427 g/mol. The fourth-order valence-corrected chi connectivity index (χ4v) is 3.72. The van der Waals surface area contributed by atoms with Crippen molar-refractivity contribution in [3.63, 3.8) is 0 Å². The third-order valence-electron chi connectivity index (χ3n) is 5.35. The lowest BCUT2D eigenvalue weighted by Crippen LogP contribution is -2.48. The number of halogens is 1. The van der Waals surface area contributed by atoms with Crippen LogP contribution in [0, 0.1) is 11.7 Å². The third-order valence-corrected chi connectivity index (χ3v) is 5.35. The number of ketones is 1. The number of likely N-dealkylation sites (tertiary alicyclic amines) is 1. The number of carbonyl (C=O) groups excluding carboxylic acids is 3. The molecule has 164 valence electrons. The van der Waals surface area contributed by atoms with Crippen molar-refractivity contribution in [3.8, 4) is 0 Å². The van der Waals surface area contributed by atoms with E-state index in [-0.39, 0.29) is 23.4 Å². The summed E-state index contributed by atoms with van der Waals surface area (Å²) >= 11 is 0. The van der Waals surface area contributed by atoms with Gasteiger partial charge in [-0.15, -0.1) is 0 Å². The van der Waals surface area contributed by atoms with E-state index in [9.17, 15) is 23.6 Å². The van der Waals surface area contributed by atoms with Gasteiger partial charge in [-0.1, -0.05) is 6.07 Å². The summed E-state index contributed by atoms with van der Waals surface area (Å²) in [7, 11) is 0. The minimum atomic E-state index is -1.39. The van der Waals surface area contributed by atoms with Crippen LogP contribution in [0.2, 0.25) is 0 Å². The molecule has 1 aliphatic heterocycles. The van der Waals surface area contributed by atoms with Crippen LogP contribution >= 0.6 is 0 Å². The molecule has 1 unspecified atom stereocenters. The lowest BCUT2D eigenvalue weighted by atomic mass is 9.94. The highest BCUT2D eigenvalue weighted by molar-refractivity contribution is 6.11. The van der Waals surface area contributed by atoms with Gasteiger partial charge in [-0.3, -0.25) is 23.7 Å². The fraction of sp³-hybridized carbons (Fsp3) is 0.391. The molecule has 1 N–H and O–H groups in total. The van der Waals surface area contributed by atoms with E-state index in [1.54, 1.807) is 6.07 Å². The predicted molar refractivity (Wildman–Crippen MR) is 113 cm³/mol. The molecule has 0 radical (unpaired) electrons. The first-order valence-corrected chi connectivity index (χ1v) is 10.3. The predicted octanol–water partition coefficient (Wildman–Crippen LogP) is 2.17. The molecule has 1 atom stereocenters. The summed E-state index contributed by atoms with van der Waals surface area (Å²) in [6.45, 7) is 4.40. The molecule has 8 heteroatoms. The van der Waals surface area contributed by atoms with E-state index in [0.717, 1.165) is 16.7 Å². The molecule has 3 rings (SSSR count). The van der Waals surface area contributed by atoms with Gasteiger partial charge in [0.05, 0.1) is 0 Å². The maximum atomic E-state index is 13.4. The van der Waals surface area contributed by atoms with Gasteiger partial charge >= 0.3 is 0 Å². The zero-order valence-electron chi connectivity index (χ0n) is 17.6. The summed E-state index contributed by atoms with van der Waals surface area (Å²) < 4.78 is 14.4. The second-order valence-corrected chi connectivity index (χ2v) is 7.98. The van der Waals surface area contributed by atoms with Crippen molar-refractivity contribution in [3.05, 3.63) is 70.4 Å². The molecule has 2 heterocycles. The molecule has 7 nitrogen and oxygen atoms in total. The third kappa shape index (κ3) is 5.25. The van der Waals surface area contributed by atoms with Crippen LogP contribution in [0.25, 0.3) is 0 Å². The first kappa shape index (κ1) is 22.4. The van der Waals surface area contributed by atoms with Crippen LogP contribution in [-0.4, -0.2) is 46.2 Å². The SMILES string of the molecule is CC(C)NC(=O)C1CCN(C(=O)C(C(=O)c2ccc(F)cc2)n2ccccc2=O)CC1. The van der Waals surface area contributed by atoms with Gasteiger partial charge < -0.3 is 10.2 Å². The van der Waals surface area contributed by atoms with Crippen molar-refractivity contribution in [1.82, 2.24) is 14.8 Å². The quantitative estimate of drug-likeness (QED) is 0.565. The molecule has 1 aromatic carbocycles. The topological polar surface area (TPSA) is 88.5 Å². The van der Waals surface area contributed by atoms with Gasteiger partial charge in [0.2, 0.25) is 5.91 Å². The molecule has 1 aliphatic rings. The fourth-order valence-electron chi connectivity index (χ4n) is 3.72. The number of aromatic nitrogens is 1. The molecule has 1 saturated heterocycles. The minimum absolute atomic E-state index is 0.0369. The number of piperidine rings is 1. The Balaban J connectivity index is 1.83. The zero-order valence-corrected chi connectivity index (χ0v) is 17.6. The Morgan fingerprint density at radius 3 is 2.26 bits per heavy atom. The highest BCUT2D eigenvalue weighted by atomic mass is 19.1. The second kappa shape index (κ2) is 9.68. The molecular formula is C23H26FN3O4. The molecule has 2 aromatic rings. The number of hydrogen-bond acceptors (Lipinski definition) is 4. The molecule has 1 aromatic heterocycles. The maximum absolute atomic E-state index is 13.4. The van der Waals surface area contributed by atoms with E-state index < -0.39 is 29.1 Å². The first-order valence-electron chi connectivity index (χ1n) is 10.3. The molecule has 0 aliphatic carbocycles. The van der Waals surface area contributed by atoms with Crippen molar-refractivity contribution in [2.45, 2.75) is 38.8 Å². The number of rotatable bonds is 6. The van der Waals surface area contributed by atoms with Gasteiger partial charge in [0, 0.05) is 42.9 Å². The van der Waals surface area contributed by atoms with Gasteiger partial charge in [-0.05, 0) is 57.0 Å². The van der Waals surface area contributed by atoms with Crippen LogP contribution in [-0.2, 0) is 9.59 Å². The Morgan fingerprint density at radius 1 is 1.03 bits per heavy atom. The Morgan fingerprint density at radius 2 is 1.68 bits per heavy atom. The van der Waals surface area contributed by atoms with Crippen LogP contribution < -0.4 is 10.9 Å². The van der Waals surface area contributed by atoms with Crippen molar-refractivity contribution in [1.29, 1.82) is 0 Å². The largest absolute Gasteiger partial charge is 0.354 e. The summed E-state index contributed by atoms with van der Waals surface area (Å²) in [6.07, 6.45) is 2.35. The maximum Gasteiger partial charge on any atom is 0.253 e. The van der Waals surface area contributed by atoms with Gasteiger partial charge in [0.1, 0.15) is 5.82 Å². The van der Waals surface area contributed by atoms with Gasteiger partial charge in [0.15, 0.2) is 11.8 Å². The summed E-state index contributed by atoms with van der Waals surface area (Å²) in [6, 6.07) is 7.91. The lowest BCUT2D eigenvalue weighted by molar-refractivity contribution is -0.137. The van der Waals surface area contributed by atoms with Crippen molar-refractivity contribution < 1.29 is 18.8 Å². The van der Waals surface area contributed by atoms with E-state index in [1.807, 2.05) is 13.8 Å². The summed E-state index contributed by atoms with van der Waals surface area (Å²) in [4.78, 5) is 52.7. The van der Waals surface area contributed by atoms with Crippen molar-refractivity contribution >= 4 is 17.6 Å². The van der Waals surface area contributed by atoms with Crippen molar-refractivity contribution in [2.24, 2.45) is 5.92 Å². The minimum Gasteiger partial charge on any atom is -0.354 e. The average molecular weight is 427 g/mol. The average Bonchev–Trinajstić information content (AvgIpc) is 2.75. The molecule has 31 heavy (non-hydrogen) atoms. The van der Waals surface area contributed by atoms with E-state index in [2.05, 4.69) is 5.32 Å². The van der Waals surface area contributed by atoms with Crippen LogP contribution in [0.5, 0.6) is 0 Å². The molecule has 1 fully saturated rings. The van der Waals surface area contributed by atoms with E-state index in [1.165, 1.54) is 35.4 Å². The van der Waals surface area contributed by atoms with Crippen LogP contribution in [0.4, 0.5) is 4.39 Å². The normalized spacial score (nSPS) is 15.5. The summed E-state index contributed by atoms with van der Waals surface area (Å²) in [5.74, 6) is -1.83. The smallest absolute Gasteiger partial charge is 0.253 e. The lowest BCUT2D eigenvalue weighted by Gasteiger charge is -2.34. The first-order chi connectivity index (χ1) is 14.8. The molecule has 0 saturated carbocycles. The number of nitrogens with zero attached hydrogens (tertiary/aromatic N) is 2. The Kier molecular flexibility index (Phi) is 6.99. The van der Waals surface area contributed by atoms with Gasteiger partial charge in [0.25, 0.3) is 11.5 Å². The van der Waals surface area contributed by atoms with E-state index >= 15 is 0 Å². The molecular weight excluding hydrogens is 401 g/mol. The van der Waals surface area contributed by atoms with Crippen molar-refractivity contribution in [2.75, 3.05) is 13.1 Å². The Labute approximate surface area is 179 Å². The van der Waals surface area contributed by atoms with Gasteiger partial charge in [-0.25, -0.2) is 4.39 Å². The van der Waals surface area contributed by atoms with Crippen LogP contribution in [0.1, 0.15) is 43.1 Å². The second-order valence-electron chi connectivity index (χ2n) is 7.98. The van der Waals surface area contributed by atoms with Crippen LogP contribution in [0.15, 0.2) is 53.5 Å². The highest BCUT2D eigenvalue weighted by Crippen LogP contribution is 2.23. The highest BCUT2D eigenvalue weighted by Gasteiger charge is 2.36. The number of hydrogen-bond donors (Lipinski definition) is 1. The number of carbonyl (C=O) groups is 3. The summed E-state index contributed by atoms with van der Waals surface area (Å²) in [5.41, 5.74) is -0.343. The standard InChI is InChI=1S/C23H26FN3O4/c1-15(2)25-22(30)17-10-13-26(14-11-17)23(31)20(27-12-4-3-5-19(27)28)21(29)16-6-8-18(24)9-7-16/h3-9,12,15,17,20H,10-11,13-14H2,1-2H3,(H,25,30). The number of benzene rings is 1. The van der Waals surface area contributed by atoms with E-state index in [4.69, 9.17) is 0 Å². The number of amides is 2. The van der Waals surface area contributed by atoms with Crippen LogP contribution in [0.3, 0.4) is 0 Å². The zero-order chi connectivity index (χ0) is 22.5.